The molecule has 3 amide bonds. The molecule has 0 saturated heterocycles. The van der Waals surface area contributed by atoms with Gasteiger partial charge in [-0.2, -0.15) is 0 Å². The predicted octanol–water partition coefficient (Wildman–Crippen LogP) is 4.64. The van der Waals surface area contributed by atoms with E-state index in [1.165, 1.54) is 12.1 Å². The normalized spacial score (nSPS) is 13.5. The van der Waals surface area contributed by atoms with E-state index in [2.05, 4.69) is 10.6 Å². The first kappa shape index (κ1) is 22.1. The Hall–Kier alpha value is -4.10. The third-order valence-corrected chi connectivity index (χ3v) is 5.50. The maximum atomic E-state index is 12.9. The summed E-state index contributed by atoms with van der Waals surface area (Å²) in [6, 6.07) is 19.7. The van der Waals surface area contributed by atoms with Gasteiger partial charge in [0.1, 0.15) is 16.5 Å². The van der Waals surface area contributed by atoms with E-state index in [-0.39, 0.29) is 22.4 Å². The lowest BCUT2D eigenvalue weighted by Crippen LogP contribution is -2.32. The Kier molecular flexibility index (Phi) is 6.15. The molecule has 0 fully saturated rings. The zero-order chi connectivity index (χ0) is 23.5. The van der Waals surface area contributed by atoms with Crippen molar-refractivity contribution >= 4 is 46.4 Å². The number of aryl methyl sites for hydroxylation is 1. The van der Waals surface area contributed by atoms with E-state index in [0.29, 0.717) is 22.6 Å². The molecule has 0 saturated carbocycles. The zero-order valence-corrected chi connectivity index (χ0v) is 18.4. The summed E-state index contributed by atoms with van der Waals surface area (Å²) in [5.41, 5.74) is 2.82. The van der Waals surface area contributed by atoms with Crippen molar-refractivity contribution < 1.29 is 19.5 Å². The number of carbonyl (C=O) groups excluding carboxylic acids is 3. The highest BCUT2D eigenvalue weighted by atomic mass is 35.5. The molecule has 0 atom stereocenters. The van der Waals surface area contributed by atoms with Gasteiger partial charge in [0.2, 0.25) is 0 Å². The molecular weight excluding hydrogens is 442 g/mol. The van der Waals surface area contributed by atoms with Crippen LogP contribution in [0.25, 0.3) is 0 Å². The number of hydrogen-bond donors (Lipinski definition) is 3. The summed E-state index contributed by atoms with van der Waals surface area (Å²) in [6.45, 7) is 2.02. The number of rotatable bonds is 6. The highest BCUT2D eigenvalue weighted by Gasteiger charge is 2.38. The minimum absolute atomic E-state index is 0.0294. The number of nitrogens with zero attached hydrogens (tertiary/aromatic N) is 1. The van der Waals surface area contributed by atoms with E-state index in [4.69, 9.17) is 11.6 Å². The molecule has 0 aliphatic carbocycles. The summed E-state index contributed by atoms with van der Waals surface area (Å²) >= 11 is 6.18. The van der Waals surface area contributed by atoms with Gasteiger partial charge in [0.25, 0.3) is 17.7 Å². The molecule has 0 radical (unpaired) electrons. The van der Waals surface area contributed by atoms with Crippen LogP contribution in [0, 0.1) is 0 Å². The van der Waals surface area contributed by atoms with Crippen LogP contribution in [-0.2, 0) is 16.0 Å². The number of phenolic OH excluding ortho intramolecular Hbond substituents is 1. The maximum absolute atomic E-state index is 12.9. The summed E-state index contributed by atoms with van der Waals surface area (Å²) in [6.07, 6.45) is 0.843. The minimum Gasteiger partial charge on any atom is -0.508 e. The van der Waals surface area contributed by atoms with E-state index in [9.17, 15) is 19.5 Å². The van der Waals surface area contributed by atoms with Gasteiger partial charge in [0.05, 0.1) is 5.69 Å². The second-order valence-electron chi connectivity index (χ2n) is 7.36. The van der Waals surface area contributed by atoms with E-state index < -0.39 is 11.8 Å². The highest BCUT2D eigenvalue weighted by Crippen LogP contribution is 2.30. The van der Waals surface area contributed by atoms with Crippen molar-refractivity contribution in [3.05, 3.63) is 94.7 Å². The van der Waals surface area contributed by atoms with Crippen LogP contribution in [0.2, 0.25) is 0 Å². The molecule has 0 unspecified atom stereocenters. The molecule has 3 N–H and O–H groups in total. The van der Waals surface area contributed by atoms with Gasteiger partial charge < -0.3 is 15.7 Å². The van der Waals surface area contributed by atoms with Crippen LogP contribution in [0.1, 0.15) is 22.8 Å². The highest BCUT2D eigenvalue weighted by molar-refractivity contribution is 6.53. The van der Waals surface area contributed by atoms with Crippen molar-refractivity contribution in [2.75, 3.05) is 15.5 Å². The summed E-state index contributed by atoms with van der Waals surface area (Å²) < 4.78 is 0. The van der Waals surface area contributed by atoms with Crippen LogP contribution in [-0.4, -0.2) is 22.8 Å². The topological polar surface area (TPSA) is 98.7 Å². The van der Waals surface area contributed by atoms with Gasteiger partial charge in [-0.3, -0.25) is 14.4 Å². The fourth-order valence-electron chi connectivity index (χ4n) is 3.36. The van der Waals surface area contributed by atoms with Crippen molar-refractivity contribution in [1.29, 1.82) is 0 Å². The number of aromatic hydroxyl groups is 1. The monoisotopic (exact) mass is 461 g/mol. The third-order valence-electron chi connectivity index (χ3n) is 5.15. The lowest BCUT2D eigenvalue weighted by atomic mass is 10.1. The second-order valence-corrected chi connectivity index (χ2v) is 7.74. The molecular formula is C25H20ClN3O4. The van der Waals surface area contributed by atoms with E-state index in [0.717, 1.165) is 16.9 Å². The quantitative estimate of drug-likeness (QED) is 0.464. The van der Waals surface area contributed by atoms with E-state index >= 15 is 0 Å². The summed E-state index contributed by atoms with van der Waals surface area (Å²) in [5, 5.41) is 14.9. The smallest absolute Gasteiger partial charge is 0.283 e. The lowest BCUT2D eigenvalue weighted by molar-refractivity contribution is -0.120. The minimum atomic E-state index is -0.601. The van der Waals surface area contributed by atoms with E-state index in [1.54, 1.807) is 48.5 Å². The molecule has 33 heavy (non-hydrogen) atoms. The zero-order valence-electron chi connectivity index (χ0n) is 17.6. The van der Waals surface area contributed by atoms with Gasteiger partial charge >= 0.3 is 0 Å². The number of imide groups is 1. The fraction of sp³-hybridized carbons (Fsp3) is 0.0800. The van der Waals surface area contributed by atoms with Crippen LogP contribution in [0.3, 0.4) is 0 Å². The van der Waals surface area contributed by atoms with Crippen LogP contribution < -0.4 is 15.5 Å². The fourth-order valence-corrected chi connectivity index (χ4v) is 3.58. The van der Waals surface area contributed by atoms with Crippen molar-refractivity contribution in [2.24, 2.45) is 0 Å². The first-order valence-corrected chi connectivity index (χ1v) is 10.6. The maximum Gasteiger partial charge on any atom is 0.283 e. The van der Waals surface area contributed by atoms with Crippen LogP contribution in [0.15, 0.2) is 83.5 Å². The largest absolute Gasteiger partial charge is 0.508 e. The summed E-state index contributed by atoms with van der Waals surface area (Å²) in [5.74, 6) is -1.47. The van der Waals surface area contributed by atoms with Crippen molar-refractivity contribution in [3.8, 4) is 5.75 Å². The Morgan fingerprint density at radius 3 is 2.27 bits per heavy atom. The SMILES string of the molecule is CCc1ccc(N2C(=O)C(Cl)=C(Nc3ccc(C(=O)Nc4cccc(O)c4)cc3)C2=O)cc1. The number of phenols is 1. The standard InChI is InChI=1S/C25H20ClN3O4/c1-2-15-6-12-19(13-7-15)29-24(32)21(26)22(25(29)33)27-17-10-8-16(9-11-17)23(31)28-18-4-3-5-20(30)14-18/h3-14,27,30H,2H2,1H3,(H,28,31). The number of hydrogen-bond acceptors (Lipinski definition) is 5. The van der Waals surface area contributed by atoms with Crippen LogP contribution >= 0.6 is 11.6 Å². The number of carbonyl (C=O) groups is 3. The Balaban J connectivity index is 1.47. The Morgan fingerprint density at radius 1 is 0.939 bits per heavy atom. The molecule has 7 nitrogen and oxygen atoms in total. The van der Waals surface area contributed by atoms with Crippen LogP contribution in [0.5, 0.6) is 5.75 Å². The van der Waals surface area contributed by atoms with Crippen molar-refractivity contribution in [3.63, 3.8) is 0 Å². The van der Waals surface area contributed by atoms with Gasteiger partial charge in [-0.25, -0.2) is 4.90 Å². The molecule has 0 bridgehead atoms. The van der Waals surface area contributed by atoms with Gasteiger partial charge in [0, 0.05) is 23.0 Å². The molecule has 3 aromatic carbocycles. The molecule has 1 heterocycles. The van der Waals surface area contributed by atoms with Crippen molar-refractivity contribution in [1.82, 2.24) is 0 Å². The Bertz CT molecular complexity index is 1270. The molecule has 3 aromatic rings. The van der Waals surface area contributed by atoms with Crippen molar-refractivity contribution in [2.45, 2.75) is 13.3 Å². The Morgan fingerprint density at radius 2 is 1.64 bits per heavy atom. The van der Waals surface area contributed by atoms with Gasteiger partial charge in [0.15, 0.2) is 0 Å². The number of nitrogens with one attached hydrogen (secondary N) is 2. The number of anilines is 3. The summed E-state index contributed by atoms with van der Waals surface area (Å²) in [4.78, 5) is 39.0. The molecule has 0 aromatic heterocycles. The van der Waals surface area contributed by atoms with Gasteiger partial charge in [-0.1, -0.05) is 36.7 Å². The molecule has 4 rings (SSSR count). The first-order valence-electron chi connectivity index (χ1n) is 10.2. The lowest BCUT2D eigenvalue weighted by Gasteiger charge is -2.15. The molecule has 166 valence electrons. The Labute approximate surface area is 195 Å². The molecule has 8 heteroatoms. The number of benzene rings is 3. The van der Waals surface area contributed by atoms with Crippen LogP contribution in [0.4, 0.5) is 17.1 Å². The predicted molar refractivity (Wildman–Crippen MR) is 127 cm³/mol. The average molecular weight is 462 g/mol. The van der Waals surface area contributed by atoms with E-state index in [1.807, 2.05) is 19.1 Å². The average Bonchev–Trinajstić information content (AvgIpc) is 3.02. The molecule has 0 spiro atoms. The van der Waals surface area contributed by atoms with Gasteiger partial charge in [-0.15, -0.1) is 0 Å². The second kappa shape index (κ2) is 9.18. The van der Waals surface area contributed by atoms with Gasteiger partial charge in [-0.05, 0) is 60.5 Å². The summed E-state index contributed by atoms with van der Waals surface area (Å²) in [7, 11) is 0. The first-order chi connectivity index (χ1) is 15.9. The molecule has 1 aliphatic heterocycles. The third kappa shape index (κ3) is 4.58. The number of amides is 3. The molecule has 1 aliphatic rings. The number of halogens is 1.